The first kappa shape index (κ1) is 15.0. The Labute approximate surface area is 125 Å². The van der Waals surface area contributed by atoms with Gasteiger partial charge >= 0.3 is 0 Å². The molecule has 0 aromatic heterocycles. The molecule has 1 heterocycles. The number of nitrogens with one attached hydrogen (secondary N) is 1. The predicted octanol–water partition coefficient (Wildman–Crippen LogP) is 2.09. The summed E-state index contributed by atoms with van der Waals surface area (Å²) in [5, 5.41) is 3.39. The van der Waals surface area contributed by atoms with E-state index < -0.39 is 0 Å². The fraction of sp³-hybridized carbons (Fsp3) is 0.600. The number of rotatable bonds is 5. The van der Waals surface area contributed by atoms with Crippen molar-refractivity contribution in [2.75, 3.05) is 46.4 Å². The Morgan fingerprint density at radius 2 is 2.05 bits per heavy atom. The third kappa shape index (κ3) is 4.88. The minimum atomic E-state index is 1.08. The third-order valence-electron chi connectivity index (χ3n) is 3.73. The Hall–Kier alpha value is -0.420. The van der Waals surface area contributed by atoms with E-state index in [1.807, 2.05) is 0 Å². The molecule has 1 aliphatic rings. The quantitative estimate of drug-likeness (QED) is 0.894. The van der Waals surface area contributed by atoms with Crippen LogP contribution in [0.4, 0.5) is 0 Å². The first-order chi connectivity index (χ1) is 9.15. The molecule has 19 heavy (non-hydrogen) atoms. The molecule has 0 saturated carbocycles. The van der Waals surface area contributed by atoms with E-state index in [-0.39, 0.29) is 0 Å². The topological polar surface area (TPSA) is 18.5 Å². The van der Waals surface area contributed by atoms with Crippen molar-refractivity contribution in [2.24, 2.45) is 0 Å². The molecule has 0 bridgehead atoms. The van der Waals surface area contributed by atoms with Gasteiger partial charge in [-0.1, -0.05) is 22.0 Å². The minimum absolute atomic E-state index is 1.08. The van der Waals surface area contributed by atoms with Crippen molar-refractivity contribution in [1.82, 2.24) is 15.1 Å². The highest BCUT2D eigenvalue weighted by Gasteiger charge is 2.11. The summed E-state index contributed by atoms with van der Waals surface area (Å²) in [5.74, 6) is 0. The van der Waals surface area contributed by atoms with E-state index in [1.54, 1.807) is 0 Å². The molecule has 1 fully saturated rings. The number of piperazine rings is 1. The van der Waals surface area contributed by atoms with Crippen LogP contribution in [-0.2, 0) is 6.42 Å². The third-order valence-corrected chi connectivity index (χ3v) is 4.22. The summed E-state index contributed by atoms with van der Waals surface area (Å²) in [4.78, 5) is 4.94. The van der Waals surface area contributed by atoms with Gasteiger partial charge < -0.3 is 5.32 Å². The van der Waals surface area contributed by atoms with Crippen molar-refractivity contribution in [3.63, 3.8) is 0 Å². The van der Waals surface area contributed by atoms with E-state index in [1.165, 1.54) is 28.7 Å². The Balaban J connectivity index is 1.79. The Bertz CT molecular complexity index is 402. The van der Waals surface area contributed by atoms with Gasteiger partial charge in [-0.05, 0) is 43.7 Å². The summed E-state index contributed by atoms with van der Waals surface area (Å²) < 4.78 is 1.18. The van der Waals surface area contributed by atoms with Gasteiger partial charge in [0.15, 0.2) is 0 Å². The number of aryl methyl sites for hydroxylation is 1. The average molecular weight is 326 g/mol. The van der Waals surface area contributed by atoms with E-state index in [0.717, 1.165) is 32.7 Å². The molecule has 1 saturated heterocycles. The lowest BCUT2D eigenvalue weighted by atomic mass is 10.1. The van der Waals surface area contributed by atoms with Crippen LogP contribution in [0, 0.1) is 6.92 Å². The molecule has 2 rings (SSSR count). The Kier molecular flexibility index (Phi) is 5.82. The van der Waals surface area contributed by atoms with Crippen LogP contribution in [0.15, 0.2) is 22.7 Å². The number of likely N-dealkylation sites (N-methyl/N-ethyl adjacent to an activating group) is 1. The van der Waals surface area contributed by atoms with Crippen LogP contribution in [-0.4, -0.2) is 56.2 Å². The van der Waals surface area contributed by atoms with Gasteiger partial charge in [0.1, 0.15) is 0 Å². The number of hydrogen-bond donors (Lipinski definition) is 1. The molecule has 4 heteroatoms. The summed E-state index contributed by atoms with van der Waals surface area (Å²) in [7, 11) is 2.22. The van der Waals surface area contributed by atoms with Crippen LogP contribution in [0.25, 0.3) is 0 Å². The molecule has 0 unspecified atom stereocenters. The zero-order valence-corrected chi connectivity index (χ0v) is 13.5. The van der Waals surface area contributed by atoms with E-state index in [0.29, 0.717) is 0 Å². The van der Waals surface area contributed by atoms with Gasteiger partial charge in [-0.3, -0.25) is 9.80 Å². The maximum Gasteiger partial charge on any atom is 0.0504 e. The van der Waals surface area contributed by atoms with Crippen LogP contribution in [0.1, 0.15) is 11.1 Å². The van der Waals surface area contributed by atoms with Crippen molar-refractivity contribution in [1.29, 1.82) is 0 Å². The minimum Gasteiger partial charge on any atom is -0.314 e. The van der Waals surface area contributed by atoms with Crippen molar-refractivity contribution >= 4 is 15.9 Å². The molecule has 1 aromatic carbocycles. The molecule has 1 N–H and O–H groups in total. The first-order valence-corrected chi connectivity index (χ1v) is 7.81. The van der Waals surface area contributed by atoms with Crippen molar-refractivity contribution in [2.45, 2.75) is 13.3 Å². The van der Waals surface area contributed by atoms with Crippen molar-refractivity contribution < 1.29 is 0 Å². The lowest BCUT2D eigenvalue weighted by Gasteiger charge is -2.31. The Morgan fingerprint density at radius 3 is 2.79 bits per heavy atom. The number of halogens is 1. The van der Waals surface area contributed by atoms with Crippen LogP contribution in [0.5, 0.6) is 0 Å². The van der Waals surface area contributed by atoms with E-state index >= 15 is 0 Å². The lowest BCUT2D eigenvalue weighted by molar-refractivity contribution is 0.140. The van der Waals surface area contributed by atoms with Crippen molar-refractivity contribution in [3.8, 4) is 0 Å². The predicted molar refractivity (Wildman–Crippen MR) is 84.5 cm³/mol. The molecule has 0 spiro atoms. The van der Waals surface area contributed by atoms with E-state index in [4.69, 9.17) is 0 Å². The zero-order chi connectivity index (χ0) is 13.7. The highest BCUT2D eigenvalue weighted by molar-refractivity contribution is 9.10. The van der Waals surface area contributed by atoms with Crippen molar-refractivity contribution in [3.05, 3.63) is 33.8 Å². The molecular weight excluding hydrogens is 302 g/mol. The summed E-state index contributed by atoms with van der Waals surface area (Å²) in [6, 6.07) is 6.55. The van der Waals surface area contributed by atoms with Crippen LogP contribution in [0.2, 0.25) is 0 Å². The molecule has 1 aromatic rings. The fourth-order valence-electron chi connectivity index (χ4n) is 2.49. The Morgan fingerprint density at radius 1 is 1.32 bits per heavy atom. The van der Waals surface area contributed by atoms with Crippen LogP contribution < -0.4 is 5.32 Å². The van der Waals surface area contributed by atoms with Gasteiger partial charge in [0.05, 0.1) is 6.67 Å². The second-order valence-corrected chi connectivity index (χ2v) is 6.33. The second-order valence-electron chi connectivity index (χ2n) is 5.41. The highest BCUT2D eigenvalue weighted by Crippen LogP contribution is 2.16. The molecule has 3 nitrogen and oxygen atoms in total. The van der Waals surface area contributed by atoms with E-state index in [2.05, 4.69) is 63.2 Å². The van der Waals surface area contributed by atoms with Crippen LogP contribution in [0.3, 0.4) is 0 Å². The molecule has 0 aliphatic carbocycles. The fourth-order valence-corrected chi connectivity index (χ4v) is 2.89. The van der Waals surface area contributed by atoms with Gasteiger partial charge in [0, 0.05) is 37.2 Å². The molecule has 0 radical (unpaired) electrons. The summed E-state index contributed by atoms with van der Waals surface area (Å²) in [6.07, 6.45) is 1.12. The largest absolute Gasteiger partial charge is 0.314 e. The first-order valence-electron chi connectivity index (χ1n) is 7.02. The van der Waals surface area contributed by atoms with Gasteiger partial charge in [0.2, 0.25) is 0 Å². The second kappa shape index (κ2) is 7.39. The summed E-state index contributed by atoms with van der Waals surface area (Å²) in [6.45, 7) is 8.96. The maximum absolute atomic E-state index is 3.55. The molecule has 0 amide bonds. The number of hydrogen-bond acceptors (Lipinski definition) is 3. The molecule has 106 valence electrons. The standard InChI is InChI=1S/C15H24BrN3/c1-13-3-4-15(16)11-14(13)5-8-18(2)12-19-9-6-17-7-10-19/h3-4,11,17H,5-10,12H2,1-2H3. The van der Waals surface area contributed by atoms with Gasteiger partial charge in [-0.2, -0.15) is 0 Å². The van der Waals surface area contributed by atoms with Gasteiger partial charge in [-0.15, -0.1) is 0 Å². The average Bonchev–Trinajstić information content (AvgIpc) is 2.41. The number of nitrogens with zero attached hydrogens (tertiary/aromatic N) is 2. The normalized spacial score (nSPS) is 17.1. The zero-order valence-electron chi connectivity index (χ0n) is 12.0. The van der Waals surface area contributed by atoms with Crippen LogP contribution >= 0.6 is 15.9 Å². The molecule has 0 atom stereocenters. The molecular formula is C15H24BrN3. The highest BCUT2D eigenvalue weighted by atomic mass is 79.9. The SMILES string of the molecule is Cc1ccc(Br)cc1CCN(C)CN1CCNCC1. The smallest absolute Gasteiger partial charge is 0.0504 e. The summed E-state index contributed by atoms with van der Waals surface area (Å²) in [5.41, 5.74) is 2.83. The lowest BCUT2D eigenvalue weighted by Crippen LogP contribution is -2.47. The number of benzene rings is 1. The van der Waals surface area contributed by atoms with Gasteiger partial charge in [0.25, 0.3) is 0 Å². The summed E-state index contributed by atoms with van der Waals surface area (Å²) >= 11 is 3.55. The van der Waals surface area contributed by atoms with Gasteiger partial charge in [-0.25, -0.2) is 0 Å². The molecule has 1 aliphatic heterocycles. The maximum atomic E-state index is 3.55. The monoisotopic (exact) mass is 325 g/mol. The van der Waals surface area contributed by atoms with E-state index in [9.17, 15) is 0 Å².